The van der Waals surface area contributed by atoms with Crippen LogP contribution in [0, 0.1) is 103 Å². The van der Waals surface area contributed by atoms with E-state index < -0.39 is 79.4 Å². The van der Waals surface area contributed by atoms with Gasteiger partial charge in [-0.2, -0.15) is 0 Å². The number of epoxide rings is 1. The predicted octanol–water partition coefficient (Wildman–Crippen LogP) is 9.87. The number of fused-ring (bicyclic) bond motifs is 5. The molecule has 0 radical (unpaired) electrons. The predicted molar refractivity (Wildman–Crippen MR) is 321 cm³/mol. The molecular weight excluding hydrogens is 1050 g/mol. The number of aldehydes is 1. The number of hydrogen-bond donors (Lipinski definition) is 7. The van der Waals surface area contributed by atoms with E-state index in [0.717, 1.165) is 62.4 Å². The van der Waals surface area contributed by atoms with Gasteiger partial charge in [0.15, 0.2) is 5.78 Å². The summed E-state index contributed by atoms with van der Waals surface area (Å²) in [5.74, 6) is 7.40. The first kappa shape index (κ1) is 56.6. The quantitative estimate of drug-likeness (QED) is 0.0483. The zero-order chi connectivity index (χ0) is 58.3. The van der Waals surface area contributed by atoms with Crippen LogP contribution in [0.2, 0.25) is 0 Å². The SMILES string of the molecule is CC1CCOC(C2OC2C(C)(O)C(C)(CO)CCC2=CCNC(N)=C2)(C2CCC3(O)C4=CC(=O)C5C6C=CC78C=C(C9(CO)CCC(C=O)C9)CC59C4C(CCc4ccccc4CC#CC(C4(CCC5(CCCC5)C4)C7)C89CC6O)CC23C)C1. The fraction of sp³-hybridized carbons (Fsp3) is 0.726. The average molecular weight is 1150 g/mol. The van der Waals surface area contributed by atoms with E-state index in [1.807, 2.05) is 26.0 Å². The number of allylic oxidation sites excluding steroid dienone is 5. The van der Waals surface area contributed by atoms with Crippen LogP contribution >= 0.6 is 0 Å². The summed E-state index contributed by atoms with van der Waals surface area (Å²) in [5, 5.41) is 67.9. The lowest BCUT2D eigenvalue weighted by molar-refractivity contribution is -0.238. The summed E-state index contributed by atoms with van der Waals surface area (Å²) in [7, 11) is 0. The van der Waals surface area contributed by atoms with Crippen molar-refractivity contribution in [3.05, 3.63) is 94.4 Å². The molecule has 3 heterocycles. The second kappa shape index (κ2) is 19.1. The highest BCUT2D eigenvalue weighted by Gasteiger charge is 2.86. The lowest BCUT2D eigenvalue weighted by Gasteiger charge is -2.73. The van der Waals surface area contributed by atoms with Gasteiger partial charge in [-0.25, -0.2) is 0 Å². The highest BCUT2D eigenvalue weighted by atomic mass is 16.6. The van der Waals surface area contributed by atoms with E-state index in [2.05, 4.69) is 79.6 Å². The second-order valence-corrected chi connectivity index (χ2v) is 32.1. The third-order valence-electron chi connectivity index (χ3n) is 28.6. The molecule has 0 aromatic heterocycles. The lowest BCUT2D eigenvalue weighted by atomic mass is 9.29. The summed E-state index contributed by atoms with van der Waals surface area (Å²) in [6.45, 7) is 9.32. The van der Waals surface area contributed by atoms with Crippen LogP contribution in [-0.2, 0) is 31.9 Å². The number of aliphatic hydroxyl groups excluding tert-OH is 3. The van der Waals surface area contributed by atoms with Gasteiger partial charge in [0.2, 0.25) is 0 Å². The van der Waals surface area contributed by atoms with Crippen molar-refractivity contribution < 1.29 is 44.6 Å². The van der Waals surface area contributed by atoms with Gasteiger partial charge < -0.3 is 50.9 Å². The third-order valence-corrected chi connectivity index (χ3v) is 28.6. The molecule has 21 unspecified atom stereocenters. The van der Waals surface area contributed by atoms with Gasteiger partial charge in [-0.05, 0) is 210 Å². The smallest absolute Gasteiger partial charge is 0.160 e. The number of ketones is 1. The Morgan fingerprint density at radius 2 is 1.75 bits per heavy atom. The molecule has 7 saturated carbocycles. The van der Waals surface area contributed by atoms with Gasteiger partial charge in [0, 0.05) is 70.3 Å². The summed E-state index contributed by atoms with van der Waals surface area (Å²) >= 11 is 0. The van der Waals surface area contributed by atoms with Crippen molar-refractivity contribution >= 4 is 12.1 Å². The largest absolute Gasteiger partial charge is 0.396 e. The minimum absolute atomic E-state index is 0.0124. The Labute approximate surface area is 499 Å². The molecule has 1 aromatic rings. The normalized spacial score (nSPS) is 48.5. The molecule has 0 amide bonds. The topological polar surface area (TPSA) is 195 Å². The zero-order valence-corrected chi connectivity index (χ0v) is 50.7. The van der Waals surface area contributed by atoms with Gasteiger partial charge in [0.1, 0.15) is 24.1 Å². The average Bonchev–Trinajstić information content (AvgIpc) is 1.36. The Balaban J connectivity index is 0.914. The molecule has 11 heteroatoms. The summed E-state index contributed by atoms with van der Waals surface area (Å²) in [6.07, 6.45) is 31.8. The van der Waals surface area contributed by atoms with E-state index >= 15 is 4.79 Å². The molecule has 2 saturated heterocycles. The monoisotopic (exact) mass is 1140 g/mol. The maximum absolute atomic E-state index is 16.7. The maximum atomic E-state index is 16.7. The molecule has 16 rings (SSSR count). The van der Waals surface area contributed by atoms with Gasteiger partial charge >= 0.3 is 0 Å². The van der Waals surface area contributed by atoms with Crippen molar-refractivity contribution in [3.8, 4) is 11.8 Å². The van der Waals surface area contributed by atoms with Crippen LogP contribution in [0.5, 0.6) is 0 Å². The number of rotatable bonds is 11. The molecule has 15 aliphatic rings. The number of nitrogens with one attached hydrogen (secondary N) is 1. The Hall–Kier alpha value is -3.86. The third kappa shape index (κ3) is 7.37. The van der Waals surface area contributed by atoms with Crippen LogP contribution < -0.4 is 11.1 Å². The summed E-state index contributed by atoms with van der Waals surface area (Å²) in [6, 6.07) is 8.91. The van der Waals surface area contributed by atoms with E-state index in [1.165, 1.54) is 48.8 Å². The Morgan fingerprint density at radius 3 is 2.50 bits per heavy atom. The molecule has 84 heavy (non-hydrogen) atoms. The van der Waals surface area contributed by atoms with Crippen molar-refractivity contribution in [1.29, 1.82) is 0 Å². The van der Waals surface area contributed by atoms with E-state index in [4.69, 9.17) is 15.2 Å². The van der Waals surface area contributed by atoms with Gasteiger partial charge in [0.05, 0.1) is 36.3 Å². The number of hydrogen-bond acceptors (Lipinski definition) is 11. The van der Waals surface area contributed by atoms with Gasteiger partial charge in [-0.1, -0.05) is 99.6 Å². The molecule has 4 spiro atoms. The Bertz CT molecular complexity index is 3140. The van der Waals surface area contributed by atoms with E-state index in [1.54, 1.807) is 0 Å². The Kier molecular flexibility index (Phi) is 12.9. The van der Waals surface area contributed by atoms with Crippen molar-refractivity contribution in [2.75, 3.05) is 26.4 Å². The molecule has 4 bridgehead atoms. The number of aryl methyl sites for hydroxylation is 1. The summed E-state index contributed by atoms with van der Waals surface area (Å²) < 4.78 is 14.5. The first-order chi connectivity index (χ1) is 40.2. The van der Waals surface area contributed by atoms with Gasteiger partial charge in [0.25, 0.3) is 0 Å². The summed E-state index contributed by atoms with van der Waals surface area (Å²) in [4.78, 5) is 29.6. The number of carbonyl (C=O) groups is 2. The van der Waals surface area contributed by atoms with Crippen LogP contribution in [0.1, 0.15) is 174 Å². The van der Waals surface area contributed by atoms with Crippen molar-refractivity contribution in [3.63, 3.8) is 0 Å². The first-order valence-electron chi connectivity index (χ1n) is 33.4. The van der Waals surface area contributed by atoms with Crippen LogP contribution in [0.4, 0.5) is 0 Å². The van der Waals surface area contributed by atoms with Crippen molar-refractivity contribution in [2.45, 2.75) is 210 Å². The number of nitrogens with two attached hydrogens (primary N) is 1. The number of benzene rings is 1. The minimum atomic E-state index is -1.45. The van der Waals surface area contributed by atoms with Crippen LogP contribution in [0.25, 0.3) is 0 Å². The fourth-order valence-electron chi connectivity index (χ4n) is 24.6. The highest BCUT2D eigenvalue weighted by molar-refractivity contribution is 5.96. The number of carbonyl (C=O) groups excluding carboxylic acids is 2. The van der Waals surface area contributed by atoms with Gasteiger partial charge in [-0.15, -0.1) is 0 Å². The van der Waals surface area contributed by atoms with E-state index in [9.17, 15) is 30.3 Å². The molecule has 1 aromatic carbocycles. The molecule has 9 fully saturated rings. The van der Waals surface area contributed by atoms with E-state index in [-0.39, 0.29) is 65.3 Å². The second-order valence-electron chi connectivity index (χ2n) is 32.1. The summed E-state index contributed by atoms with van der Waals surface area (Å²) in [5.41, 5.74) is 3.77. The minimum Gasteiger partial charge on any atom is -0.396 e. The van der Waals surface area contributed by atoms with Crippen LogP contribution in [-0.4, -0.2) is 99.1 Å². The molecule has 21 atom stereocenters. The van der Waals surface area contributed by atoms with E-state index in [0.29, 0.717) is 89.6 Å². The molecule has 12 aliphatic carbocycles. The first-order valence-corrected chi connectivity index (χ1v) is 33.4. The zero-order valence-electron chi connectivity index (χ0n) is 50.7. The molecule has 3 aliphatic heterocycles. The van der Waals surface area contributed by atoms with Crippen LogP contribution in [0.15, 0.2) is 83.3 Å². The highest BCUT2D eigenvalue weighted by Crippen LogP contribution is 2.89. The molecule has 11 nitrogen and oxygen atoms in total. The van der Waals surface area contributed by atoms with Gasteiger partial charge in [-0.3, -0.25) is 4.79 Å². The molecule has 452 valence electrons. The lowest BCUT2D eigenvalue weighted by Crippen LogP contribution is -2.73. The number of ether oxygens (including phenoxy) is 2. The molecule has 8 N–H and O–H groups in total. The Morgan fingerprint density at radius 1 is 0.940 bits per heavy atom. The standard InChI is InChI=1S/C73H96N2O9/c1-45-21-31-83-71(34-45,62-61(84-62)65(4,81)63(2,43-77)24-16-46-20-30-75-58(74)32-46)56-19-27-73(82)53-33-54(79)60-52-18-26-69-37-51(67(44-78)25-17-47(35-67)40-76)38-70(60)59(53)50(36-64(56,73)3)15-14-49-11-6-5-10-48(49)12-9-13-57(72(69,70)39-55(52)80)68(42-69)29-28-66(41-68)22-7-8-23-66/h5-6,10-11,18,20,26,32-33,37,40,45,47,50,52,55-57,59-62,75,77-78,80-82H,7-8,12,14-17,19,21-25,27-31,34-36,38-39,41-44,74H2,1-4H3. The van der Waals surface area contributed by atoms with Crippen molar-refractivity contribution in [1.82, 2.24) is 5.32 Å². The fourth-order valence-corrected chi connectivity index (χ4v) is 24.6. The van der Waals surface area contributed by atoms with Crippen molar-refractivity contribution in [2.24, 2.45) is 96.4 Å². The maximum Gasteiger partial charge on any atom is 0.160 e. The molecular formula is C73H96N2O9. The number of dihydropyridines is 1. The number of aliphatic hydroxyl groups is 5. The van der Waals surface area contributed by atoms with Crippen LogP contribution in [0.3, 0.4) is 0 Å².